The van der Waals surface area contributed by atoms with Crippen molar-refractivity contribution < 1.29 is 0 Å². The van der Waals surface area contributed by atoms with Crippen LogP contribution in [0, 0.1) is 6.92 Å². The van der Waals surface area contributed by atoms with Crippen LogP contribution in [-0.2, 0) is 0 Å². The topological polar surface area (TPSA) is 30.2 Å². The fourth-order valence-electron chi connectivity index (χ4n) is 1.01. The van der Waals surface area contributed by atoms with Crippen molar-refractivity contribution in [1.29, 1.82) is 0 Å². The zero-order chi connectivity index (χ0) is 7.84. The van der Waals surface area contributed by atoms with Gasteiger partial charge < -0.3 is 0 Å². The van der Waals surface area contributed by atoms with E-state index in [1.165, 1.54) is 0 Å². The summed E-state index contributed by atoms with van der Waals surface area (Å²) in [4.78, 5) is 4.18. The summed E-state index contributed by atoms with van der Waals surface area (Å²) in [5.41, 5.74) is 2.03. The number of aromatic nitrogens is 3. The molecule has 0 aliphatic rings. The van der Waals surface area contributed by atoms with Gasteiger partial charge in [-0.1, -0.05) is 6.07 Å². The van der Waals surface area contributed by atoms with Crippen molar-refractivity contribution in [3.8, 4) is 0 Å². The van der Waals surface area contributed by atoms with Gasteiger partial charge in [-0.2, -0.15) is 0 Å². The molecule has 0 atom stereocenters. The molecule has 2 rings (SSSR count). The second kappa shape index (κ2) is 2.30. The minimum atomic E-state index is 0.631. The number of aryl methyl sites for hydroxylation is 1. The maximum atomic E-state index is 4.18. The molecule has 0 saturated carbocycles. The first-order valence-electron chi connectivity index (χ1n) is 3.25. The van der Waals surface area contributed by atoms with E-state index in [0.717, 1.165) is 11.2 Å². The van der Waals surface area contributed by atoms with Crippen molar-refractivity contribution in [3.05, 3.63) is 28.6 Å². The molecular weight excluding hydrogens is 206 g/mol. The summed E-state index contributed by atoms with van der Waals surface area (Å²) in [6.07, 6.45) is 1.88. The average molecular weight is 212 g/mol. The van der Waals surface area contributed by atoms with Crippen LogP contribution >= 0.6 is 15.9 Å². The summed E-state index contributed by atoms with van der Waals surface area (Å²) in [6, 6.07) is 3.96. The lowest BCUT2D eigenvalue weighted by molar-refractivity contribution is 0.941. The van der Waals surface area contributed by atoms with E-state index < -0.39 is 0 Å². The Morgan fingerprint density at radius 3 is 3.09 bits per heavy atom. The second-order valence-electron chi connectivity index (χ2n) is 2.34. The maximum Gasteiger partial charge on any atom is 0.218 e. The van der Waals surface area contributed by atoms with Gasteiger partial charge >= 0.3 is 0 Å². The standard InChI is InChI=1S/C7H6BrN3/c1-5-3-2-4-11-6(5)9-7(8)10-11/h2-4H,1H3. The van der Waals surface area contributed by atoms with Crippen molar-refractivity contribution in [3.63, 3.8) is 0 Å². The Hall–Kier alpha value is -0.900. The predicted octanol–water partition coefficient (Wildman–Crippen LogP) is 1.80. The van der Waals surface area contributed by atoms with E-state index in [0.29, 0.717) is 4.73 Å². The normalized spacial score (nSPS) is 10.7. The Morgan fingerprint density at radius 2 is 2.36 bits per heavy atom. The van der Waals surface area contributed by atoms with Gasteiger partial charge in [0.05, 0.1) is 0 Å². The lowest BCUT2D eigenvalue weighted by Gasteiger charge is -1.92. The molecule has 56 valence electrons. The van der Waals surface area contributed by atoms with Crippen LogP contribution in [0.1, 0.15) is 5.56 Å². The quantitative estimate of drug-likeness (QED) is 0.666. The Balaban J connectivity index is 2.90. The minimum absolute atomic E-state index is 0.631. The van der Waals surface area contributed by atoms with Crippen molar-refractivity contribution >= 4 is 21.6 Å². The van der Waals surface area contributed by atoms with E-state index in [1.807, 2.05) is 25.3 Å². The van der Waals surface area contributed by atoms with Crippen molar-refractivity contribution in [1.82, 2.24) is 14.6 Å². The highest BCUT2D eigenvalue weighted by atomic mass is 79.9. The molecule has 2 aromatic rings. The summed E-state index contributed by atoms with van der Waals surface area (Å²) in [5.74, 6) is 0. The van der Waals surface area contributed by atoms with E-state index in [4.69, 9.17) is 0 Å². The zero-order valence-corrected chi connectivity index (χ0v) is 7.54. The van der Waals surface area contributed by atoms with Gasteiger partial charge in [-0.25, -0.2) is 9.50 Å². The average Bonchev–Trinajstić information content (AvgIpc) is 2.31. The molecule has 0 spiro atoms. The molecule has 0 amide bonds. The van der Waals surface area contributed by atoms with Crippen LogP contribution < -0.4 is 0 Å². The SMILES string of the molecule is Cc1cccn2nc(Br)nc12. The molecule has 11 heavy (non-hydrogen) atoms. The fourth-order valence-corrected chi connectivity index (χ4v) is 1.35. The van der Waals surface area contributed by atoms with E-state index in [1.54, 1.807) is 4.52 Å². The van der Waals surface area contributed by atoms with E-state index >= 15 is 0 Å². The number of pyridine rings is 1. The molecule has 0 unspecified atom stereocenters. The molecule has 4 heteroatoms. The molecule has 0 fully saturated rings. The third kappa shape index (κ3) is 1.03. The van der Waals surface area contributed by atoms with Gasteiger partial charge in [0.2, 0.25) is 4.73 Å². The van der Waals surface area contributed by atoms with Gasteiger partial charge in [0, 0.05) is 6.20 Å². The van der Waals surface area contributed by atoms with Crippen LogP contribution in [0.2, 0.25) is 0 Å². The summed E-state index contributed by atoms with van der Waals surface area (Å²) in [7, 11) is 0. The predicted molar refractivity (Wildman–Crippen MR) is 45.4 cm³/mol. The second-order valence-corrected chi connectivity index (χ2v) is 3.05. The Morgan fingerprint density at radius 1 is 1.55 bits per heavy atom. The number of halogens is 1. The molecular formula is C7H6BrN3. The van der Waals surface area contributed by atoms with Gasteiger partial charge in [0.15, 0.2) is 5.65 Å². The fraction of sp³-hybridized carbons (Fsp3) is 0.143. The van der Waals surface area contributed by atoms with Gasteiger partial charge in [-0.05, 0) is 34.5 Å². The zero-order valence-electron chi connectivity index (χ0n) is 5.95. The Labute approximate surface area is 72.2 Å². The van der Waals surface area contributed by atoms with Gasteiger partial charge in [0.1, 0.15) is 0 Å². The molecule has 0 radical (unpaired) electrons. The molecule has 0 N–H and O–H groups in total. The van der Waals surface area contributed by atoms with Crippen LogP contribution in [0.15, 0.2) is 23.1 Å². The minimum Gasteiger partial charge on any atom is -0.220 e. The van der Waals surface area contributed by atoms with Crippen molar-refractivity contribution in [2.24, 2.45) is 0 Å². The molecule has 0 saturated heterocycles. The largest absolute Gasteiger partial charge is 0.220 e. The third-order valence-corrected chi connectivity index (χ3v) is 1.87. The maximum absolute atomic E-state index is 4.18. The molecule has 0 aromatic carbocycles. The summed E-state index contributed by atoms with van der Waals surface area (Å²) in [6.45, 7) is 2.01. The molecule has 0 aliphatic heterocycles. The molecule has 2 heterocycles. The first-order valence-corrected chi connectivity index (χ1v) is 4.04. The third-order valence-electron chi connectivity index (χ3n) is 1.53. The van der Waals surface area contributed by atoms with Gasteiger partial charge in [-0.3, -0.25) is 0 Å². The molecule has 0 aliphatic carbocycles. The molecule has 3 nitrogen and oxygen atoms in total. The van der Waals surface area contributed by atoms with Crippen molar-refractivity contribution in [2.75, 3.05) is 0 Å². The van der Waals surface area contributed by atoms with Crippen LogP contribution in [0.3, 0.4) is 0 Å². The lowest BCUT2D eigenvalue weighted by Crippen LogP contribution is -1.87. The van der Waals surface area contributed by atoms with Crippen LogP contribution in [0.4, 0.5) is 0 Å². The van der Waals surface area contributed by atoms with Gasteiger partial charge in [-0.15, -0.1) is 5.10 Å². The Kier molecular flexibility index (Phi) is 1.42. The lowest BCUT2D eigenvalue weighted by atomic mass is 10.3. The summed E-state index contributed by atoms with van der Waals surface area (Å²) in [5, 5.41) is 4.10. The summed E-state index contributed by atoms with van der Waals surface area (Å²) < 4.78 is 2.38. The highest BCUT2D eigenvalue weighted by Gasteiger charge is 2.00. The number of hydrogen-bond acceptors (Lipinski definition) is 2. The first-order chi connectivity index (χ1) is 5.27. The Bertz CT molecular complexity index is 393. The van der Waals surface area contributed by atoms with Gasteiger partial charge in [0.25, 0.3) is 0 Å². The van der Waals surface area contributed by atoms with E-state index in [9.17, 15) is 0 Å². The van der Waals surface area contributed by atoms with Crippen LogP contribution in [0.25, 0.3) is 5.65 Å². The van der Waals surface area contributed by atoms with Crippen LogP contribution in [0.5, 0.6) is 0 Å². The number of nitrogens with zero attached hydrogens (tertiary/aromatic N) is 3. The summed E-state index contributed by atoms with van der Waals surface area (Å²) >= 11 is 3.22. The number of hydrogen-bond donors (Lipinski definition) is 0. The molecule has 2 aromatic heterocycles. The monoisotopic (exact) mass is 211 g/mol. The smallest absolute Gasteiger partial charge is 0.218 e. The van der Waals surface area contributed by atoms with E-state index in [-0.39, 0.29) is 0 Å². The number of fused-ring (bicyclic) bond motifs is 1. The van der Waals surface area contributed by atoms with Crippen molar-refractivity contribution in [2.45, 2.75) is 6.92 Å². The number of rotatable bonds is 0. The highest BCUT2D eigenvalue weighted by molar-refractivity contribution is 9.10. The first kappa shape index (κ1) is 6.79. The highest BCUT2D eigenvalue weighted by Crippen LogP contribution is 2.09. The molecule has 0 bridgehead atoms. The van der Waals surface area contributed by atoms with Crippen LogP contribution in [-0.4, -0.2) is 14.6 Å². The van der Waals surface area contributed by atoms with E-state index in [2.05, 4.69) is 26.0 Å².